The van der Waals surface area contributed by atoms with Crippen molar-refractivity contribution in [1.29, 1.82) is 0 Å². The third-order valence-electron chi connectivity index (χ3n) is 2.27. The van der Waals surface area contributed by atoms with Gasteiger partial charge in [0.2, 0.25) is 10.0 Å². The van der Waals surface area contributed by atoms with Gasteiger partial charge in [-0.3, -0.25) is 0 Å². The van der Waals surface area contributed by atoms with E-state index in [0.29, 0.717) is 11.6 Å². The number of rotatable bonds is 5. The molecule has 0 aromatic heterocycles. The van der Waals surface area contributed by atoms with Crippen LogP contribution in [0.1, 0.15) is 20.3 Å². The van der Waals surface area contributed by atoms with E-state index in [9.17, 15) is 8.42 Å². The molecule has 0 bridgehead atoms. The summed E-state index contributed by atoms with van der Waals surface area (Å²) >= 11 is 1.56. The zero-order chi connectivity index (χ0) is 13.1. The first kappa shape index (κ1) is 14.3. The van der Waals surface area contributed by atoms with Crippen LogP contribution < -0.4 is 10.9 Å². The Morgan fingerprint density at radius 2 is 2.00 bits per heavy atom. The average molecular weight is 274 g/mol. The molecule has 0 radical (unpaired) electrons. The molecule has 1 aromatic carbocycles. The Kier molecular flexibility index (Phi) is 4.85. The second-order valence-corrected chi connectivity index (χ2v) is 6.97. The summed E-state index contributed by atoms with van der Waals surface area (Å²) in [6.45, 7) is 4.29. The molecule has 0 amide bonds. The van der Waals surface area contributed by atoms with E-state index in [-0.39, 0.29) is 4.90 Å². The van der Waals surface area contributed by atoms with Gasteiger partial charge in [0.05, 0.1) is 4.90 Å². The monoisotopic (exact) mass is 274 g/mol. The lowest BCUT2D eigenvalue weighted by molar-refractivity contribution is 0.597. The van der Waals surface area contributed by atoms with Crippen LogP contribution in [-0.2, 0) is 10.0 Å². The first-order valence-corrected chi connectivity index (χ1v) is 7.89. The van der Waals surface area contributed by atoms with E-state index in [2.05, 4.69) is 13.8 Å². The molecule has 0 aliphatic rings. The van der Waals surface area contributed by atoms with Crippen molar-refractivity contribution in [3.05, 3.63) is 18.2 Å². The highest BCUT2D eigenvalue weighted by atomic mass is 32.2. The number of thioether (sulfide) groups is 1. The van der Waals surface area contributed by atoms with Crippen molar-refractivity contribution in [1.82, 2.24) is 0 Å². The second-order valence-electron chi connectivity index (χ2n) is 4.28. The zero-order valence-electron chi connectivity index (χ0n) is 10.0. The fourth-order valence-corrected chi connectivity index (χ4v) is 3.09. The molecule has 0 unspecified atom stereocenters. The summed E-state index contributed by atoms with van der Waals surface area (Å²) in [7, 11) is -3.65. The van der Waals surface area contributed by atoms with Crippen LogP contribution in [0.2, 0.25) is 0 Å². The Morgan fingerprint density at radius 3 is 2.53 bits per heavy atom. The Hall–Kier alpha value is -0.720. The van der Waals surface area contributed by atoms with E-state index in [4.69, 9.17) is 10.9 Å². The molecule has 96 valence electrons. The minimum atomic E-state index is -3.65. The van der Waals surface area contributed by atoms with Crippen molar-refractivity contribution < 1.29 is 8.42 Å². The molecule has 0 aliphatic heterocycles. The summed E-state index contributed by atoms with van der Waals surface area (Å²) < 4.78 is 22.4. The number of nitrogen functional groups attached to an aromatic ring is 1. The Labute approximate surface area is 107 Å². The largest absolute Gasteiger partial charge is 0.398 e. The summed E-state index contributed by atoms with van der Waals surface area (Å²) in [5.74, 6) is 1.53. The first-order chi connectivity index (χ1) is 7.80. The average Bonchev–Trinajstić information content (AvgIpc) is 2.18. The van der Waals surface area contributed by atoms with Crippen LogP contribution in [0.5, 0.6) is 0 Å². The normalized spacial score (nSPS) is 12.0. The summed E-state index contributed by atoms with van der Waals surface area (Å²) in [5, 5.41) is 5.07. The standard InChI is InChI=1S/C11H18N2O2S2/c1-8(2)5-6-16-11-7-9(17(13,14)15)3-4-10(11)12/h3-4,7-8H,5-6,12H2,1-2H3,(H2,13,14,15). The van der Waals surface area contributed by atoms with E-state index in [1.54, 1.807) is 17.8 Å². The third kappa shape index (κ3) is 4.57. The van der Waals surface area contributed by atoms with Crippen LogP contribution in [0.15, 0.2) is 28.0 Å². The van der Waals surface area contributed by atoms with Gasteiger partial charge in [-0.2, -0.15) is 0 Å². The van der Waals surface area contributed by atoms with Gasteiger partial charge in [-0.05, 0) is 36.3 Å². The molecule has 0 aliphatic carbocycles. The SMILES string of the molecule is CC(C)CCSc1cc(S(N)(=O)=O)ccc1N. The van der Waals surface area contributed by atoms with Crippen molar-refractivity contribution in [3.63, 3.8) is 0 Å². The lowest BCUT2D eigenvalue weighted by Crippen LogP contribution is -2.12. The second kappa shape index (κ2) is 5.75. The van der Waals surface area contributed by atoms with Gasteiger partial charge >= 0.3 is 0 Å². The summed E-state index contributed by atoms with van der Waals surface area (Å²) in [6, 6.07) is 4.55. The highest BCUT2D eigenvalue weighted by molar-refractivity contribution is 7.99. The molecule has 4 N–H and O–H groups in total. The highest BCUT2D eigenvalue weighted by Crippen LogP contribution is 2.28. The van der Waals surface area contributed by atoms with Crippen molar-refractivity contribution in [3.8, 4) is 0 Å². The zero-order valence-corrected chi connectivity index (χ0v) is 11.6. The number of hydrogen-bond acceptors (Lipinski definition) is 4. The van der Waals surface area contributed by atoms with Gasteiger partial charge in [0.25, 0.3) is 0 Å². The quantitative estimate of drug-likeness (QED) is 0.635. The van der Waals surface area contributed by atoms with Gasteiger partial charge in [0.15, 0.2) is 0 Å². The van der Waals surface area contributed by atoms with E-state index in [1.165, 1.54) is 12.1 Å². The molecule has 0 saturated carbocycles. The first-order valence-electron chi connectivity index (χ1n) is 5.36. The molecule has 0 saturated heterocycles. The third-order valence-corrected chi connectivity index (χ3v) is 4.28. The molecular weight excluding hydrogens is 256 g/mol. The predicted octanol–water partition coefficient (Wildman–Crippen LogP) is 2.05. The summed E-state index contributed by atoms with van der Waals surface area (Å²) in [6.07, 6.45) is 1.06. The molecule has 0 heterocycles. The van der Waals surface area contributed by atoms with Crippen molar-refractivity contribution in [2.24, 2.45) is 11.1 Å². The molecule has 1 aromatic rings. The smallest absolute Gasteiger partial charge is 0.238 e. The van der Waals surface area contributed by atoms with Crippen LogP contribution in [-0.4, -0.2) is 14.2 Å². The van der Waals surface area contributed by atoms with E-state index in [1.807, 2.05) is 0 Å². The number of primary sulfonamides is 1. The number of anilines is 1. The predicted molar refractivity (Wildman–Crippen MR) is 72.4 cm³/mol. The Morgan fingerprint density at radius 1 is 1.35 bits per heavy atom. The maximum Gasteiger partial charge on any atom is 0.238 e. The van der Waals surface area contributed by atoms with E-state index in [0.717, 1.165) is 17.1 Å². The maximum absolute atomic E-state index is 11.2. The van der Waals surface area contributed by atoms with Crippen molar-refractivity contribution in [2.45, 2.75) is 30.1 Å². The molecule has 4 nitrogen and oxygen atoms in total. The van der Waals surface area contributed by atoms with Gasteiger partial charge in [-0.1, -0.05) is 13.8 Å². The van der Waals surface area contributed by atoms with Crippen molar-refractivity contribution >= 4 is 27.5 Å². The minimum absolute atomic E-state index is 0.110. The topological polar surface area (TPSA) is 86.2 Å². The van der Waals surface area contributed by atoms with Gasteiger partial charge in [0, 0.05) is 10.6 Å². The lowest BCUT2D eigenvalue weighted by atomic mass is 10.2. The van der Waals surface area contributed by atoms with E-state index < -0.39 is 10.0 Å². The van der Waals surface area contributed by atoms with Gasteiger partial charge in [-0.25, -0.2) is 13.6 Å². The van der Waals surface area contributed by atoms with E-state index >= 15 is 0 Å². The number of sulfonamides is 1. The molecule has 1 rings (SSSR count). The summed E-state index contributed by atoms with van der Waals surface area (Å²) in [5.41, 5.74) is 6.38. The number of benzene rings is 1. The molecule has 0 atom stereocenters. The van der Waals surface area contributed by atoms with Gasteiger partial charge < -0.3 is 5.73 Å². The molecule has 0 spiro atoms. The minimum Gasteiger partial charge on any atom is -0.398 e. The van der Waals surface area contributed by atoms with Crippen LogP contribution >= 0.6 is 11.8 Å². The van der Waals surface area contributed by atoms with Gasteiger partial charge in [0.1, 0.15) is 0 Å². The molecule has 17 heavy (non-hydrogen) atoms. The van der Waals surface area contributed by atoms with Crippen LogP contribution in [0.3, 0.4) is 0 Å². The van der Waals surface area contributed by atoms with Gasteiger partial charge in [-0.15, -0.1) is 11.8 Å². The molecular formula is C11H18N2O2S2. The molecule has 6 heteroatoms. The fraction of sp³-hybridized carbons (Fsp3) is 0.455. The Balaban J connectivity index is 2.84. The van der Waals surface area contributed by atoms with Crippen LogP contribution in [0, 0.1) is 5.92 Å². The Bertz CT molecular complexity index is 484. The molecule has 0 fully saturated rings. The number of nitrogens with two attached hydrogens (primary N) is 2. The van der Waals surface area contributed by atoms with Crippen LogP contribution in [0.25, 0.3) is 0 Å². The highest BCUT2D eigenvalue weighted by Gasteiger charge is 2.10. The van der Waals surface area contributed by atoms with Crippen molar-refractivity contribution in [2.75, 3.05) is 11.5 Å². The maximum atomic E-state index is 11.2. The number of hydrogen-bond donors (Lipinski definition) is 2. The van der Waals surface area contributed by atoms with Crippen LogP contribution in [0.4, 0.5) is 5.69 Å². The lowest BCUT2D eigenvalue weighted by Gasteiger charge is -2.08. The fourth-order valence-electron chi connectivity index (χ4n) is 1.22. The summed E-state index contributed by atoms with van der Waals surface area (Å²) in [4.78, 5) is 0.885.